The van der Waals surface area contributed by atoms with Gasteiger partial charge in [0, 0.05) is 12.2 Å². The van der Waals surface area contributed by atoms with Crippen molar-refractivity contribution in [3.8, 4) is 0 Å². The van der Waals surface area contributed by atoms with E-state index in [4.69, 9.17) is 0 Å². The van der Waals surface area contributed by atoms with E-state index in [0.717, 1.165) is 43.1 Å². The molecule has 0 spiro atoms. The molecule has 7 heteroatoms. The van der Waals surface area contributed by atoms with Gasteiger partial charge in [0.15, 0.2) is 0 Å². The van der Waals surface area contributed by atoms with Crippen molar-refractivity contribution in [3.05, 3.63) is 29.8 Å². The molecule has 0 bridgehead atoms. The van der Waals surface area contributed by atoms with Crippen LogP contribution in [0, 0.1) is 0 Å². The van der Waals surface area contributed by atoms with Crippen molar-refractivity contribution in [1.29, 1.82) is 0 Å². The normalized spacial score (nSPS) is 19.2. The Hall–Kier alpha value is -1.89. The molecule has 1 unspecified atom stereocenters. The fraction of sp³-hybridized carbons (Fsp3) is 0.579. The summed E-state index contributed by atoms with van der Waals surface area (Å²) in [7, 11) is 0. The summed E-state index contributed by atoms with van der Waals surface area (Å²) < 4.78 is 1.94. The van der Waals surface area contributed by atoms with E-state index in [0.29, 0.717) is 6.04 Å². The van der Waals surface area contributed by atoms with Crippen LogP contribution in [0.5, 0.6) is 0 Å². The van der Waals surface area contributed by atoms with Gasteiger partial charge in [0.2, 0.25) is 11.1 Å². The lowest BCUT2D eigenvalue weighted by molar-refractivity contribution is -0.117. The van der Waals surface area contributed by atoms with Gasteiger partial charge in [-0.1, -0.05) is 49.2 Å². The summed E-state index contributed by atoms with van der Waals surface area (Å²) in [5, 5.41) is 12.8. The van der Waals surface area contributed by atoms with Gasteiger partial charge >= 0.3 is 0 Å². The molecule has 4 rings (SSSR count). The minimum absolute atomic E-state index is 0.139. The zero-order valence-corrected chi connectivity index (χ0v) is 16.0. The van der Waals surface area contributed by atoms with Gasteiger partial charge in [0.05, 0.1) is 11.3 Å². The number of thioether (sulfide) groups is 1. The maximum Gasteiger partial charge on any atom is 0.240 e. The SMILES string of the molecule is CC(Sc1nnnn1C1CCCCC1)C(=O)N1CCCc2ccccc21. The van der Waals surface area contributed by atoms with Crippen LogP contribution in [-0.4, -0.2) is 37.9 Å². The summed E-state index contributed by atoms with van der Waals surface area (Å²) in [5.41, 5.74) is 2.32. The third kappa shape index (κ3) is 3.49. The smallest absolute Gasteiger partial charge is 0.240 e. The molecule has 1 aliphatic carbocycles. The first kappa shape index (κ1) is 17.5. The maximum absolute atomic E-state index is 13.1. The van der Waals surface area contributed by atoms with Gasteiger partial charge in [-0.3, -0.25) is 4.79 Å². The molecule has 1 aromatic carbocycles. The van der Waals surface area contributed by atoms with Crippen LogP contribution >= 0.6 is 11.8 Å². The van der Waals surface area contributed by atoms with Crippen molar-refractivity contribution >= 4 is 23.4 Å². The fourth-order valence-corrected chi connectivity index (χ4v) is 4.93. The number of carbonyl (C=O) groups excluding carboxylic acids is 1. The predicted octanol–water partition coefficient (Wildman–Crippen LogP) is 3.64. The number of rotatable bonds is 4. The molecule has 1 fully saturated rings. The third-order valence-electron chi connectivity index (χ3n) is 5.39. The highest BCUT2D eigenvalue weighted by Crippen LogP contribution is 2.33. The zero-order valence-electron chi connectivity index (χ0n) is 15.2. The van der Waals surface area contributed by atoms with E-state index in [-0.39, 0.29) is 11.2 Å². The molecular formula is C19H25N5OS. The summed E-state index contributed by atoms with van der Waals surface area (Å²) in [5.74, 6) is 0.139. The van der Waals surface area contributed by atoms with Gasteiger partial charge in [-0.25, -0.2) is 4.68 Å². The largest absolute Gasteiger partial charge is 0.311 e. The molecule has 1 atom stereocenters. The summed E-state index contributed by atoms with van der Waals surface area (Å²) in [6, 6.07) is 8.60. The van der Waals surface area contributed by atoms with E-state index in [9.17, 15) is 4.79 Å². The Labute approximate surface area is 158 Å². The van der Waals surface area contributed by atoms with Gasteiger partial charge in [0.1, 0.15) is 0 Å². The van der Waals surface area contributed by atoms with Gasteiger partial charge in [-0.2, -0.15) is 0 Å². The number of hydrogen-bond acceptors (Lipinski definition) is 5. The number of carbonyl (C=O) groups is 1. The average molecular weight is 372 g/mol. The van der Waals surface area contributed by atoms with Crippen LogP contribution in [0.3, 0.4) is 0 Å². The number of amides is 1. The first-order valence-corrected chi connectivity index (χ1v) is 10.5. The van der Waals surface area contributed by atoms with Crippen molar-refractivity contribution < 1.29 is 4.79 Å². The van der Waals surface area contributed by atoms with Crippen LogP contribution < -0.4 is 4.90 Å². The second-order valence-electron chi connectivity index (χ2n) is 7.18. The summed E-state index contributed by atoms with van der Waals surface area (Å²) in [4.78, 5) is 15.0. The van der Waals surface area contributed by atoms with Crippen molar-refractivity contribution in [3.63, 3.8) is 0 Å². The second kappa shape index (κ2) is 7.78. The zero-order chi connectivity index (χ0) is 17.9. The molecule has 0 N–H and O–H groups in total. The lowest BCUT2D eigenvalue weighted by atomic mass is 9.96. The number of nitrogens with zero attached hydrogens (tertiary/aromatic N) is 5. The molecule has 26 heavy (non-hydrogen) atoms. The molecule has 1 saturated carbocycles. The van der Waals surface area contributed by atoms with E-state index in [2.05, 4.69) is 27.7 Å². The van der Waals surface area contributed by atoms with Crippen LogP contribution in [0.15, 0.2) is 29.4 Å². The predicted molar refractivity (Wildman–Crippen MR) is 102 cm³/mol. The Morgan fingerprint density at radius 1 is 1.19 bits per heavy atom. The highest BCUT2D eigenvalue weighted by molar-refractivity contribution is 8.00. The van der Waals surface area contributed by atoms with Crippen molar-refractivity contribution in [2.45, 2.75) is 68.3 Å². The standard InChI is InChI=1S/C19H25N5OS/c1-14(18(25)23-13-7-9-15-8-5-6-12-17(15)23)26-19-20-21-22-24(19)16-10-3-2-4-11-16/h5-6,8,12,14,16H,2-4,7,9-11,13H2,1H3. The minimum atomic E-state index is -0.213. The highest BCUT2D eigenvalue weighted by atomic mass is 32.2. The number of tetrazole rings is 1. The van der Waals surface area contributed by atoms with E-state index >= 15 is 0 Å². The summed E-state index contributed by atoms with van der Waals surface area (Å²) >= 11 is 1.48. The van der Waals surface area contributed by atoms with Crippen molar-refractivity contribution in [2.75, 3.05) is 11.4 Å². The van der Waals surface area contributed by atoms with Crippen LogP contribution in [0.1, 0.15) is 57.1 Å². The monoisotopic (exact) mass is 371 g/mol. The third-order valence-corrected chi connectivity index (χ3v) is 6.42. The Balaban J connectivity index is 1.48. The maximum atomic E-state index is 13.1. The molecule has 0 radical (unpaired) electrons. The first-order chi connectivity index (χ1) is 12.7. The van der Waals surface area contributed by atoms with E-state index < -0.39 is 0 Å². The molecule has 2 aromatic rings. The number of fused-ring (bicyclic) bond motifs is 1. The topological polar surface area (TPSA) is 63.9 Å². The molecular weight excluding hydrogens is 346 g/mol. The van der Waals surface area contributed by atoms with Gasteiger partial charge in [0.25, 0.3) is 0 Å². The van der Waals surface area contributed by atoms with Crippen LogP contribution in [0.2, 0.25) is 0 Å². The van der Waals surface area contributed by atoms with E-state index in [1.807, 2.05) is 28.6 Å². The Kier molecular flexibility index (Phi) is 5.24. The number of hydrogen-bond donors (Lipinski definition) is 0. The number of para-hydroxylation sites is 1. The molecule has 138 valence electrons. The van der Waals surface area contributed by atoms with Crippen LogP contribution in [0.25, 0.3) is 0 Å². The number of benzene rings is 1. The highest BCUT2D eigenvalue weighted by Gasteiger charge is 2.29. The molecule has 2 heterocycles. The van der Waals surface area contributed by atoms with E-state index in [1.165, 1.54) is 36.6 Å². The molecule has 2 aliphatic rings. The Morgan fingerprint density at radius 3 is 2.85 bits per heavy atom. The van der Waals surface area contributed by atoms with Gasteiger partial charge in [-0.15, -0.1) is 5.10 Å². The van der Waals surface area contributed by atoms with Gasteiger partial charge in [-0.05, 0) is 54.7 Å². The minimum Gasteiger partial charge on any atom is -0.311 e. The van der Waals surface area contributed by atoms with Crippen LogP contribution in [-0.2, 0) is 11.2 Å². The van der Waals surface area contributed by atoms with Gasteiger partial charge < -0.3 is 4.90 Å². The molecule has 1 aliphatic heterocycles. The molecule has 0 saturated heterocycles. The molecule has 6 nitrogen and oxygen atoms in total. The lowest BCUT2D eigenvalue weighted by Gasteiger charge is -2.31. The number of aryl methyl sites for hydroxylation is 1. The van der Waals surface area contributed by atoms with Crippen molar-refractivity contribution in [2.24, 2.45) is 0 Å². The fourth-order valence-electron chi connectivity index (χ4n) is 4.01. The Morgan fingerprint density at radius 2 is 2.00 bits per heavy atom. The molecule has 1 aromatic heterocycles. The average Bonchev–Trinajstić information content (AvgIpc) is 3.15. The first-order valence-electron chi connectivity index (χ1n) is 9.58. The summed E-state index contributed by atoms with van der Waals surface area (Å²) in [6.45, 7) is 2.75. The molecule has 1 amide bonds. The second-order valence-corrected chi connectivity index (χ2v) is 8.49. The summed E-state index contributed by atoms with van der Waals surface area (Å²) in [6.07, 6.45) is 8.06. The van der Waals surface area contributed by atoms with Crippen LogP contribution in [0.4, 0.5) is 5.69 Å². The van der Waals surface area contributed by atoms with E-state index in [1.54, 1.807) is 0 Å². The number of aromatic nitrogens is 4. The number of anilines is 1. The Bertz CT molecular complexity index is 771. The quantitative estimate of drug-likeness (QED) is 0.768. The lowest BCUT2D eigenvalue weighted by Crippen LogP contribution is -2.40. The van der Waals surface area contributed by atoms with Crippen molar-refractivity contribution in [1.82, 2.24) is 20.2 Å².